The van der Waals surface area contributed by atoms with Crippen molar-refractivity contribution in [3.63, 3.8) is 0 Å². The molecule has 0 saturated carbocycles. The molecule has 80 valence electrons. The fourth-order valence-corrected chi connectivity index (χ4v) is 3.03. The normalized spacial score (nSPS) is 44.1. The predicted octanol–water partition coefficient (Wildman–Crippen LogP) is -0.203. The summed E-state index contributed by atoms with van der Waals surface area (Å²) in [7, 11) is 0. The number of nitrogens with one attached hydrogen (secondary N) is 1. The molecule has 3 saturated heterocycles. The van der Waals surface area contributed by atoms with Gasteiger partial charge in [0.1, 0.15) is 0 Å². The lowest BCUT2D eigenvalue weighted by molar-refractivity contribution is -0.138. The molecule has 14 heavy (non-hydrogen) atoms. The van der Waals surface area contributed by atoms with E-state index in [4.69, 9.17) is 9.47 Å². The molecule has 3 aliphatic rings. The summed E-state index contributed by atoms with van der Waals surface area (Å²) in [5.74, 6) is 0. The minimum atomic E-state index is 0.137. The van der Waals surface area contributed by atoms with Crippen molar-refractivity contribution in [3.05, 3.63) is 0 Å². The SMILES string of the molecule is C1C[C@@H]2COC[C@@]3(CNCOC3)N2C1. The van der Waals surface area contributed by atoms with Crippen molar-refractivity contribution in [3.8, 4) is 0 Å². The smallest absolute Gasteiger partial charge is 0.0966 e. The summed E-state index contributed by atoms with van der Waals surface area (Å²) in [5, 5.41) is 3.31. The molecule has 1 N–H and O–H groups in total. The molecule has 3 aliphatic heterocycles. The zero-order valence-corrected chi connectivity index (χ0v) is 8.50. The first-order valence-corrected chi connectivity index (χ1v) is 5.54. The summed E-state index contributed by atoms with van der Waals surface area (Å²) in [6.07, 6.45) is 2.61. The highest BCUT2D eigenvalue weighted by Crippen LogP contribution is 2.32. The van der Waals surface area contributed by atoms with Gasteiger partial charge in [0.05, 0.1) is 32.1 Å². The highest BCUT2D eigenvalue weighted by Gasteiger charge is 2.47. The van der Waals surface area contributed by atoms with Gasteiger partial charge in [0.25, 0.3) is 0 Å². The Morgan fingerprint density at radius 3 is 3.07 bits per heavy atom. The van der Waals surface area contributed by atoms with Crippen molar-refractivity contribution < 1.29 is 9.47 Å². The van der Waals surface area contributed by atoms with Gasteiger partial charge in [-0.3, -0.25) is 10.2 Å². The molecule has 0 aromatic carbocycles. The number of hydrogen-bond acceptors (Lipinski definition) is 4. The molecule has 0 aromatic heterocycles. The van der Waals surface area contributed by atoms with Crippen molar-refractivity contribution in [1.82, 2.24) is 10.2 Å². The average Bonchev–Trinajstić information content (AvgIpc) is 2.69. The van der Waals surface area contributed by atoms with Crippen LogP contribution in [0.2, 0.25) is 0 Å². The highest BCUT2D eigenvalue weighted by atomic mass is 16.5. The molecule has 2 atom stereocenters. The van der Waals surface area contributed by atoms with Crippen LogP contribution in [0.4, 0.5) is 0 Å². The Kier molecular flexibility index (Phi) is 2.24. The van der Waals surface area contributed by atoms with Gasteiger partial charge in [0.15, 0.2) is 0 Å². The van der Waals surface area contributed by atoms with Crippen molar-refractivity contribution in [2.24, 2.45) is 0 Å². The lowest BCUT2D eigenvalue weighted by Gasteiger charge is -2.49. The van der Waals surface area contributed by atoms with Gasteiger partial charge >= 0.3 is 0 Å². The lowest BCUT2D eigenvalue weighted by atomic mass is 9.95. The summed E-state index contributed by atoms with van der Waals surface area (Å²) >= 11 is 0. The molecule has 0 radical (unpaired) electrons. The Morgan fingerprint density at radius 1 is 1.29 bits per heavy atom. The van der Waals surface area contributed by atoms with Crippen LogP contribution in [0.3, 0.4) is 0 Å². The number of nitrogens with zero attached hydrogens (tertiary/aromatic N) is 1. The van der Waals surface area contributed by atoms with E-state index in [1.165, 1.54) is 19.4 Å². The van der Waals surface area contributed by atoms with Crippen molar-refractivity contribution in [1.29, 1.82) is 0 Å². The van der Waals surface area contributed by atoms with Gasteiger partial charge < -0.3 is 9.47 Å². The number of morpholine rings is 1. The van der Waals surface area contributed by atoms with Gasteiger partial charge in [-0.1, -0.05) is 0 Å². The van der Waals surface area contributed by atoms with E-state index in [1.807, 2.05) is 0 Å². The number of rotatable bonds is 0. The van der Waals surface area contributed by atoms with E-state index in [0.717, 1.165) is 26.4 Å². The molecule has 0 aromatic rings. The zero-order chi connectivity index (χ0) is 9.43. The maximum absolute atomic E-state index is 5.72. The van der Waals surface area contributed by atoms with Gasteiger partial charge in [0.2, 0.25) is 0 Å². The fourth-order valence-electron chi connectivity index (χ4n) is 3.03. The molecule has 0 amide bonds. The summed E-state index contributed by atoms with van der Waals surface area (Å²) in [4.78, 5) is 2.61. The predicted molar refractivity (Wildman–Crippen MR) is 52.1 cm³/mol. The molecular weight excluding hydrogens is 180 g/mol. The third kappa shape index (κ3) is 1.29. The van der Waals surface area contributed by atoms with Crippen LogP contribution in [-0.2, 0) is 9.47 Å². The molecule has 4 nitrogen and oxygen atoms in total. The van der Waals surface area contributed by atoms with Gasteiger partial charge in [-0.05, 0) is 19.4 Å². The summed E-state index contributed by atoms with van der Waals surface area (Å²) in [6.45, 7) is 5.51. The van der Waals surface area contributed by atoms with Crippen LogP contribution in [0.5, 0.6) is 0 Å². The lowest BCUT2D eigenvalue weighted by Crippen LogP contribution is -2.68. The standard InChI is InChI=1S/C10H18N2O2/c1-2-9-4-13-6-10(12(9)3-1)5-11-8-14-7-10/h9,11H,1-8H2/t9-,10-/m1/s1. The maximum Gasteiger partial charge on any atom is 0.0966 e. The van der Waals surface area contributed by atoms with Crippen LogP contribution in [0.25, 0.3) is 0 Å². The fraction of sp³-hybridized carbons (Fsp3) is 1.00. The molecule has 3 heterocycles. The molecular formula is C10H18N2O2. The van der Waals surface area contributed by atoms with Crippen LogP contribution >= 0.6 is 0 Å². The van der Waals surface area contributed by atoms with Crippen LogP contribution in [-0.4, -0.2) is 56.1 Å². The second-order valence-corrected chi connectivity index (χ2v) is 4.65. The first-order chi connectivity index (χ1) is 6.91. The third-order valence-corrected chi connectivity index (χ3v) is 3.70. The summed E-state index contributed by atoms with van der Waals surface area (Å²) < 4.78 is 11.3. The minimum Gasteiger partial charge on any atom is -0.378 e. The van der Waals surface area contributed by atoms with E-state index in [9.17, 15) is 0 Å². The highest BCUT2D eigenvalue weighted by molar-refractivity contribution is 5.02. The molecule has 0 unspecified atom stereocenters. The zero-order valence-electron chi connectivity index (χ0n) is 8.50. The molecule has 0 aliphatic carbocycles. The van der Waals surface area contributed by atoms with E-state index < -0.39 is 0 Å². The van der Waals surface area contributed by atoms with Gasteiger partial charge in [-0.25, -0.2) is 0 Å². The van der Waals surface area contributed by atoms with Crippen molar-refractivity contribution >= 4 is 0 Å². The molecule has 3 fully saturated rings. The summed E-state index contributed by atoms with van der Waals surface area (Å²) in [5.41, 5.74) is 0.137. The topological polar surface area (TPSA) is 33.7 Å². The molecule has 0 bridgehead atoms. The van der Waals surface area contributed by atoms with Gasteiger partial charge in [-0.2, -0.15) is 0 Å². The van der Waals surface area contributed by atoms with E-state index in [1.54, 1.807) is 0 Å². The van der Waals surface area contributed by atoms with Crippen LogP contribution in [0.1, 0.15) is 12.8 Å². The van der Waals surface area contributed by atoms with Crippen LogP contribution < -0.4 is 5.32 Å². The van der Waals surface area contributed by atoms with Crippen molar-refractivity contribution in [2.75, 3.05) is 39.6 Å². The van der Waals surface area contributed by atoms with E-state index in [-0.39, 0.29) is 5.54 Å². The Hall–Kier alpha value is -0.160. The first-order valence-electron chi connectivity index (χ1n) is 5.54. The maximum atomic E-state index is 5.72. The number of fused-ring (bicyclic) bond motifs is 2. The molecule has 3 rings (SSSR count). The third-order valence-electron chi connectivity index (χ3n) is 3.70. The van der Waals surface area contributed by atoms with E-state index in [2.05, 4.69) is 10.2 Å². The second kappa shape index (κ2) is 3.45. The minimum absolute atomic E-state index is 0.137. The number of ether oxygens (including phenoxy) is 2. The van der Waals surface area contributed by atoms with Crippen LogP contribution in [0, 0.1) is 0 Å². The van der Waals surface area contributed by atoms with Crippen LogP contribution in [0.15, 0.2) is 0 Å². The van der Waals surface area contributed by atoms with E-state index >= 15 is 0 Å². The van der Waals surface area contributed by atoms with Crippen molar-refractivity contribution in [2.45, 2.75) is 24.4 Å². The summed E-state index contributed by atoms with van der Waals surface area (Å²) in [6, 6.07) is 0.646. The Morgan fingerprint density at radius 2 is 2.21 bits per heavy atom. The van der Waals surface area contributed by atoms with Gasteiger partial charge in [0, 0.05) is 12.6 Å². The quantitative estimate of drug-likeness (QED) is 0.584. The Labute approximate surface area is 84.5 Å². The second-order valence-electron chi connectivity index (χ2n) is 4.65. The first kappa shape index (κ1) is 9.09. The average molecular weight is 198 g/mol. The Bertz CT molecular complexity index is 211. The van der Waals surface area contributed by atoms with Gasteiger partial charge in [-0.15, -0.1) is 0 Å². The Balaban J connectivity index is 1.81. The molecule has 4 heteroatoms. The molecule has 1 spiro atoms. The van der Waals surface area contributed by atoms with E-state index in [0.29, 0.717) is 12.8 Å². The monoisotopic (exact) mass is 198 g/mol. The number of hydrogen-bond donors (Lipinski definition) is 1. The largest absolute Gasteiger partial charge is 0.378 e.